The van der Waals surface area contributed by atoms with E-state index in [-0.39, 0.29) is 16.4 Å². The van der Waals surface area contributed by atoms with Gasteiger partial charge >= 0.3 is 5.97 Å². The van der Waals surface area contributed by atoms with Crippen molar-refractivity contribution in [1.29, 1.82) is 0 Å². The Labute approximate surface area is 153 Å². The van der Waals surface area contributed by atoms with Crippen LogP contribution < -0.4 is 0 Å². The molecule has 0 radical (unpaired) electrons. The van der Waals surface area contributed by atoms with Crippen molar-refractivity contribution in [3.63, 3.8) is 0 Å². The van der Waals surface area contributed by atoms with Gasteiger partial charge in [-0.3, -0.25) is 0 Å². The van der Waals surface area contributed by atoms with Gasteiger partial charge in [0.1, 0.15) is 11.3 Å². The Morgan fingerprint density at radius 3 is 2.31 bits per heavy atom. The molecule has 0 spiro atoms. The third kappa shape index (κ3) is 2.63. The number of benzene rings is 2. The monoisotopic (exact) mass is 348 g/mol. The molecule has 1 N–H and O–H groups in total. The second-order valence-corrected chi connectivity index (χ2v) is 8.70. The Bertz CT molecular complexity index is 1020. The van der Waals surface area contributed by atoms with Crippen molar-refractivity contribution < 1.29 is 14.3 Å². The maximum Gasteiger partial charge on any atom is 0.335 e. The fraction of sp³-hybridized carbons (Fsp3) is 0.348. The van der Waals surface area contributed by atoms with E-state index in [0.29, 0.717) is 5.58 Å². The van der Waals surface area contributed by atoms with E-state index in [9.17, 15) is 4.79 Å². The van der Waals surface area contributed by atoms with Gasteiger partial charge < -0.3 is 9.52 Å². The van der Waals surface area contributed by atoms with Crippen molar-refractivity contribution >= 4 is 16.9 Å². The zero-order valence-corrected chi connectivity index (χ0v) is 15.7. The SMILES string of the molecule is CC1(C)CCC(C)(C)c2cc(-c3cc4ccc(C(=O)O)cc4o3)ccc21. The summed E-state index contributed by atoms with van der Waals surface area (Å²) in [7, 11) is 0. The lowest BCUT2D eigenvalue weighted by Crippen LogP contribution is -2.33. The molecule has 3 nitrogen and oxygen atoms in total. The summed E-state index contributed by atoms with van der Waals surface area (Å²) in [4.78, 5) is 11.2. The van der Waals surface area contributed by atoms with Gasteiger partial charge in [-0.1, -0.05) is 45.9 Å². The van der Waals surface area contributed by atoms with Gasteiger partial charge in [0, 0.05) is 10.9 Å². The van der Waals surface area contributed by atoms with Crippen LogP contribution >= 0.6 is 0 Å². The summed E-state index contributed by atoms with van der Waals surface area (Å²) in [5, 5.41) is 10.1. The quantitative estimate of drug-likeness (QED) is 0.604. The van der Waals surface area contributed by atoms with E-state index >= 15 is 0 Å². The van der Waals surface area contributed by atoms with E-state index in [1.54, 1.807) is 18.2 Å². The van der Waals surface area contributed by atoms with E-state index in [0.717, 1.165) is 16.7 Å². The average Bonchev–Trinajstić information content (AvgIpc) is 3.02. The second kappa shape index (κ2) is 5.47. The number of hydrogen-bond donors (Lipinski definition) is 1. The molecule has 134 valence electrons. The highest BCUT2D eigenvalue weighted by molar-refractivity contribution is 5.93. The number of furan rings is 1. The summed E-state index contributed by atoms with van der Waals surface area (Å²) in [6.45, 7) is 9.25. The van der Waals surface area contributed by atoms with Crippen LogP contribution in [0.4, 0.5) is 0 Å². The Morgan fingerprint density at radius 1 is 0.923 bits per heavy atom. The minimum atomic E-state index is -0.942. The maximum atomic E-state index is 11.2. The molecule has 1 aliphatic carbocycles. The summed E-state index contributed by atoms with van der Waals surface area (Å²) in [6, 6.07) is 13.6. The molecule has 26 heavy (non-hydrogen) atoms. The lowest BCUT2D eigenvalue weighted by Gasteiger charge is -2.42. The third-order valence-electron chi connectivity index (χ3n) is 5.90. The molecule has 0 aliphatic heterocycles. The molecule has 0 fully saturated rings. The highest BCUT2D eigenvalue weighted by Crippen LogP contribution is 2.47. The first-order valence-electron chi connectivity index (χ1n) is 9.10. The lowest BCUT2D eigenvalue weighted by atomic mass is 9.63. The molecule has 3 aromatic rings. The molecule has 0 saturated heterocycles. The van der Waals surface area contributed by atoms with E-state index in [4.69, 9.17) is 9.52 Å². The number of rotatable bonds is 2. The van der Waals surface area contributed by atoms with Crippen LogP contribution in [0.25, 0.3) is 22.3 Å². The van der Waals surface area contributed by atoms with Crippen molar-refractivity contribution in [3.05, 3.63) is 59.2 Å². The normalized spacial score (nSPS) is 17.8. The largest absolute Gasteiger partial charge is 0.478 e. The standard InChI is InChI=1S/C23H24O3/c1-22(2)9-10-23(3,4)18-11-14(7-8-17(18)22)19-12-15-5-6-16(21(24)25)13-20(15)26-19/h5-8,11-13H,9-10H2,1-4H3,(H,24,25). The predicted molar refractivity (Wildman–Crippen MR) is 104 cm³/mol. The molecule has 4 rings (SSSR count). The minimum absolute atomic E-state index is 0.142. The van der Waals surface area contributed by atoms with Gasteiger partial charge in [0.15, 0.2) is 0 Å². The van der Waals surface area contributed by atoms with Gasteiger partial charge in [0.05, 0.1) is 5.56 Å². The second-order valence-electron chi connectivity index (χ2n) is 8.70. The summed E-state index contributed by atoms with van der Waals surface area (Å²) in [5.41, 5.74) is 5.03. The van der Waals surface area contributed by atoms with Crippen LogP contribution in [0.15, 0.2) is 46.9 Å². The Hall–Kier alpha value is -2.55. The fourth-order valence-corrected chi connectivity index (χ4v) is 4.05. The van der Waals surface area contributed by atoms with E-state index in [2.05, 4.69) is 45.9 Å². The number of hydrogen-bond acceptors (Lipinski definition) is 2. The van der Waals surface area contributed by atoms with Gasteiger partial charge in [0.25, 0.3) is 0 Å². The first-order valence-corrected chi connectivity index (χ1v) is 9.10. The zero-order chi connectivity index (χ0) is 18.7. The van der Waals surface area contributed by atoms with Crippen molar-refractivity contribution in [2.75, 3.05) is 0 Å². The average molecular weight is 348 g/mol. The van der Waals surface area contributed by atoms with Gasteiger partial charge in [-0.25, -0.2) is 4.79 Å². The highest BCUT2D eigenvalue weighted by Gasteiger charge is 2.37. The van der Waals surface area contributed by atoms with Crippen molar-refractivity contribution in [2.24, 2.45) is 0 Å². The first-order chi connectivity index (χ1) is 12.2. The van der Waals surface area contributed by atoms with Gasteiger partial charge in [-0.15, -0.1) is 0 Å². The zero-order valence-electron chi connectivity index (χ0n) is 15.7. The topological polar surface area (TPSA) is 50.4 Å². The van der Waals surface area contributed by atoms with Crippen molar-refractivity contribution in [2.45, 2.75) is 51.4 Å². The van der Waals surface area contributed by atoms with Crippen LogP contribution in [-0.2, 0) is 10.8 Å². The van der Waals surface area contributed by atoms with Crippen LogP contribution in [0.2, 0.25) is 0 Å². The molecule has 3 heteroatoms. The molecule has 0 bridgehead atoms. The van der Waals surface area contributed by atoms with Gasteiger partial charge in [0.2, 0.25) is 0 Å². The minimum Gasteiger partial charge on any atom is -0.478 e. The van der Waals surface area contributed by atoms with E-state index in [1.165, 1.54) is 24.0 Å². The maximum absolute atomic E-state index is 11.2. The van der Waals surface area contributed by atoms with Crippen LogP contribution in [-0.4, -0.2) is 11.1 Å². The smallest absolute Gasteiger partial charge is 0.335 e. The number of fused-ring (bicyclic) bond motifs is 2. The van der Waals surface area contributed by atoms with Crippen LogP contribution in [0, 0.1) is 0 Å². The summed E-state index contributed by atoms with van der Waals surface area (Å²) < 4.78 is 5.99. The Balaban J connectivity index is 1.84. The first kappa shape index (κ1) is 16.9. The van der Waals surface area contributed by atoms with Crippen LogP contribution in [0.3, 0.4) is 0 Å². The predicted octanol–water partition coefficient (Wildman–Crippen LogP) is 6.15. The molecular weight excluding hydrogens is 324 g/mol. The molecule has 0 unspecified atom stereocenters. The molecule has 0 amide bonds. The van der Waals surface area contributed by atoms with Crippen molar-refractivity contribution in [1.82, 2.24) is 0 Å². The summed E-state index contributed by atoms with van der Waals surface area (Å²) >= 11 is 0. The molecule has 1 aromatic heterocycles. The third-order valence-corrected chi connectivity index (χ3v) is 5.90. The summed E-state index contributed by atoms with van der Waals surface area (Å²) in [6.07, 6.45) is 2.35. The van der Waals surface area contributed by atoms with Crippen LogP contribution in [0.1, 0.15) is 62.0 Å². The fourth-order valence-electron chi connectivity index (χ4n) is 4.05. The number of carbonyl (C=O) groups is 1. The number of carboxylic acids is 1. The molecule has 1 aliphatic rings. The van der Waals surface area contributed by atoms with Crippen LogP contribution in [0.5, 0.6) is 0 Å². The van der Waals surface area contributed by atoms with Crippen molar-refractivity contribution in [3.8, 4) is 11.3 Å². The number of carboxylic acid groups (broad SMARTS) is 1. The van der Waals surface area contributed by atoms with Gasteiger partial charge in [-0.05, 0) is 59.1 Å². The van der Waals surface area contributed by atoms with Gasteiger partial charge in [-0.2, -0.15) is 0 Å². The van der Waals surface area contributed by atoms with E-state index < -0.39 is 5.97 Å². The highest BCUT2D eigenvalue weighted by atomic mass is 16.4. The number of aromatic carboxylic acids is 1. The Morgan fingerprint density at radius 2 is 1.62 bits per heavy atom. The molecule has 0 saturated carbocycles. The molecule has 1 heterocycles. The lowest BCUT2D eigenvalue weighted by molar-refractivity contribution is 0.0697. The summed E-state index contributed by atoms with van der Waals surface area (Å²) in [5.74, 6) is -0.160. The molecular formula is C23H24O3. The Kier molecular flexibility index (Phi) is 3.56. The van der Waals surface area contributed by atoms with E-state index in [1.807, 2.05) is 6.07 Å². The molecule has 0 atom stereocenters. The molecule has 2 aromatic carbocycles.